The number of anilines is 3. The van der Waals surface area contributed by atoms with Gasteiger partial charge in [-0.15, -0.1) is 0 Å². The number of aromatic nitrogens is 2. The number of ether oxygens (including phenoxy) is 1. The second kappa shape index (κ2) is 10.5. The van der Waals surface area contributed by atoms with Crippen molar-refractivity contribution in [2.75, 3.05) is 29.5 Å². The van der Waals surface area contributed by atoms with Gasteiger partial charge in [-0.3, -0.25) is 5.10 Å². The summed E-state index contributed by atoms with van der Waals surface area (Å²) < 4.78 is 79.7. The van der Waals surface area contributed by atoms with E-state index in [-0.39, 0.29) is 23.9 Å². The van der Waals surface area contributed by atoms with Crippen LogP contribution in [0, 0.1) is 5.82 Å². The topological polar surface area (TPSA) is 151 Å². The van der Waals surface area contributed by atoms with Crippen LogP contribution in [-0.2, 0) is 10.0 Å². The molecule has 0 unspecified atom stereocenters. The Bertz CT molecular complexity index is 1570. The Morgan fingerprint density at radius 3 is 2.42 bits per heavy atom. The number of hydrogen-bond acceptors (Lipinski definition) is 6. The fourth-order valence-electron chi connectivity index (χ4n) is 3.51. The third-order valence-corrected chi connectivity index (χ3v) is 6.40. The highest BCUT2D eigenvalue weighted by atomic mass is 32.2. The summed E-state index contributed by atoms with van der Waals surface area (Å²) >= 11 is 0. The molecule has 0 bridgehead atoms. The molecule has 1 heterocycles. The van der Waals surface area contributed by atoms with Crippen LogP contribution in [0.2, 0.25) is 0 Å². The van der Waals surface area contributed by atoms with E-state index in [2.05, 4.69) is 20.8 Å². The number of amides is 2. The zero-order valence-corrected chi connectivity index (χ0v) is 20.1. The first-order valence-electron chi connectivity index (χ1n) is 10.8. The minimum absolute atomic E-state index is 0.134. The Balaban J connectivity index is 1.45. The van der Waals surface area contributed by atoms with E-state index < -0.39 is 33.9 Å². The number of carbonyl (C=O) groups excluding carboxylic acids is 1. The second-order valence-electron chi connectivity index (χ2n) is 7.83. The molecule has 3 aromatic carbocycles. The van der Waals surface area contributed by atoms with Gasteiger partial charge in [-0.1, -0.05) is 18.2 Å². The monoisotopic (exact) mass is 552 g/mol. The van der Waals surface area contributed by atoms with Crippen LogP contribution in [0.4, 0.5) is 39.5 Å². The van der Waals surface area contributed by atoms with Crippen LogP contribution in [0.15, 0.2) is 60.7 Å². The molecule has 6 N–H and O–H groups in total. The summed E-state index contributed by atoms with van der Waals surface area (Å²) in [6, 6.07) is 14.8. The van der Waals surface area contributed by atoms with Crippen LogP contribution in [0.5, 0.6) is 5.75 Å². The molecule has 0 saturated heterocycles. The first-order valence-corrected chi connectivity index (χ1v) is 12.3. The molecule has 0 fully saturated rings. The second-order valence-corrected chi connectivity index (χ2v) is 9.59. The van der Waals surface area contributed by atoms with E-state index in [1.807, 2.05) is 0 Å². The number of benzene rings is 3. The number of urea groups is 1. The van der Waals surface area contributed by atoms with Crippen LogP contribution in [0.3, 0.4) is 0 Å². The molecule has 200 valence electrons. The Morgan fingerprint density at radius 2 is 1.74 bits per heavy atom. The van der Waals surface area contributed by atoms with Crippen LogP contribution in [-0.4, -0.2) is 43.3 Å². The lowest BCUT2D eigenvalue weighted by molar-refractivity contribution is -0.0448. The maximum Gasteiger partial charge on any atom is 0.511 e. The molecule has 38 heavy (non-hydrogen) atoms. The normalized spacial score (nSPS) is 11.9. The number of alkyl halides is 3. The fraction of sp³-hybridized carbons (Fsp3) is 0.130. The quantitative estimate of drug-likeness (QED) is 0.161. The highest BCUT2D eigenvalue weighted by Gasteiger charge is 2.45. The van der Waals surface area contributed by atoms with E-state index in [0.29, 0.717) is 27.7 Å². The van der Waals surface area contributed by atoms with Gasteiger partial charge in [0.15, 0.2) is 5.82 Å². The zero-order valence-electron chi connectivity index (χ0n) is 19.3. The minimum atomic E-state index is -5.48. The van der Waals surface area contributed by atoms with Crippen molar-refractivity contribution < 1.29 is 35.5 Å². The molecule has 0 radical (unpaired) electrons. The third kappa shape index (κ3) is 5.95. The van der Waals surface area contributed by atoms with E-state index in [4.69, 9.17) is 10.5 Å². The summed E-state index contributed by atoms with van der Waals surface area (Å²) in [6.07, 6.45) is 0. The Hall–Kier alpha value is -4.37. The molecule has 0 aliphatic rings. The van der Waals surface area contributed by atoms with Gasteiger partial charge in [-0.05, 0) is 53.6 Å². The van der Waals surface area contributed by atoms with E-state index in [1.165, 1.54) is 29.0 Å². The van der Waals surface area contributed by atoms with Gasteiger partial charge in [0.1, 0.15) is 23.7 Å². The maximum atomic E-state index is 13.3. The Morgan fingerprint density at radius 1 is 1.03 bits per heavy atom. The number of rotatable bonds is 8. The minimum Gasteiger partial charge on any atom is -0.490 e. The van der Waals surface area contributed by atoms with Crippen molar-refractivity contribution in [1.82, 2.24) is 14.9 Å². The molecule has 0 aliphatic carbocycles. The summed E-state index contributed by atoms with van der Waals surface area (Å²) in [6.45, 7) is -1.00. The highest BCUT2D eigenvalue weighted by molar-refractivity contribution is 7.90. The van der Waals surface area contributed by atoms with Crippen molar-refractivity contribution in [1.29, 1.82) is 0 Å². The third-order valence-electron chi connectivity index (χ3n) is 5.20. The van der Waals surface area contributed by atoms with Crippen molar-refractivity contribution >= 4 is 44.1 Å². The number of nitrogens with one attached hydrogen (secondary N) is 4. The number of aromatic amines is 1. The zero-order chi connectivity index (χ0) is 27.5. The van der Waals surface area contributed by atoms with Crippen molar-refractivity contribution in [2.24, 2.45) is 0 Å². The summed E-state index contributed by atoms with van der Waals surface area (Å²) in [7, 11) is -5.48. The molecule has 1 aromatic heterocycles. The van der Waals surface area contributed by atoms with Crippen molar-refractivity contribution in [3.8, 4) is 16.9 Å². The maximum absolute atomic E-state index is 13.3. The predicted molar refractivity (Wildman–Crippen MR) is 133 cm³/mol. The van der Waals surface area contributed by atoms with Gasteiger partial charge in [0, 0.05) is 17.9 Å². The molecule has 4 rings (SSSR count). The van der Waals surface area contributed by atoms with Gasteiger partial charge < -0.3 is 21.1 Å². The Kier molecular flexibility index (Phi) is 7.41. The van der Waals surface area contributed by atoms with E-state index >= 15 is 0 Å². The molecule has 0 spiro atoms. The number of sulfonamides is 1. The number of nitrogens with two attached hydrogens (primary N) is 1. The van der Waals surface area contributed by atoms with Gasteiger partial charge in [-0.25, -0.2) is 22.3 Å². The number of hydrogen-bond donors (Lipinski definition) is 5. The summed E-state index contributed by atoms with van der Waals surface area (Å²) in [5.41, 5.74) is 3.04. The first-order chi connectivity index (χ1) is 17.9. The fourth-order valence-corrected chi connectivity index (χ4v) is 4.02. The number of halogens is 4. The molecule has 0 aliphatic heterocycles. The average molecular weight is 553 g/mol. The first kappa shape index (κ1) is 26.7. The molecule has 10 nitrogen and oxygen atoms in total. The van der Waals surface area contributed by atoms with Crippen molar-refractivity contribution in [2.45, 2.75) is 5.51 Å². The van der Waals surface area contributed by atoms with E-state index in [0.717, 1.165) is 0 Å². The molecule has 2 amide bonds. The largest absolute Gasteiger partial charge is 0.511 e. The highest BCUT2D eigenvalue weighted by Crippen LogP contribution is 2.36. The van der Waals surface area contributed by atoms with Gasteiger partial charge in [-0.2, -0.15) is 18.3 Å². The van der Waals surface area contributed by atoms with Gasteiger partial charge in [0.05, 0.1) is 5.39 Å². The van der Waals surface area contributed by atoms with Crippen molar-refractivity contribution in [3.05, 3.63) is 66.5 Å². The molecule has 4 aromatic rings. The van der Waals surface area contributed by atoms with Gasteiger partial charge in [0.25, 0.3) is 0 Å². The van der Waals surface area contributed by atoms with Gasteiger partial charge in [0.2, 0.25) is 0 Å². The van der Waals surface area contributed by atoms with Crippen molar-refractivity contribution in [3.63, 3.8) is 0 Å². The van der Waals surface area contributed by atoms with Crippen LogP contribution < -0.4 is 25.8 Å². The smallest absolute Gasteiger partial charge is 0.490 e. The molecule has 0 atom stereocenters. The standard InChI is InChI=1S/C23H20F4N6O4S/c24-14-2-1-3-16(12-14)31-22(34)30-15-6-4-13(5-7-15)17-8-9-18(20-19(17)21(28)33-32-20)37-11-10-29-38(35,36)23(25,26)27/h1-9,12,29H,10-11H2,(H3,28,32,33)(H2,30,31,34). The lowest BCUT2D eigenvalue weighted by atomic mass is 10.0. The van der Waals surface area contributed by atoms with Crippen LogP contribution in [0.1, 0.15) is 0 Å². The van der Waals surface area contributed by atoms with E-state index in [1.54, 1.807) is 36.4 Å². The molecular weight excluding hydrogens is 532 g/mol. The Labute approximate surface area is 213 Å². The predicted octanol–water partition coefficient (Wildman–Crippen LogP) is 4.41. The summed E-state index contributed by atoms with van der Waals surface area (Å²) in [4.78, 5) is 12.2. The number of nitrogen functional groups attached to an aromatic ring is 1. The number of carbonyl (C=O) groups is 1. The lowest BCUT2D eigenvalue weighted by Crippen LogP contribution is -2.38. The molecule has 15 heteroatoms. The lowest BCUT2D eigenvalue weighted by Gasteiger charge is -2.12. The van der Waals surface area contributed by atoms with Crippen LogP contribution >= 0.6 is 0 Å². The van der Waals surface area contributed by atoms with Crippen LogP contribution in [0.25, 0.3) is 22.0 Å². The SMILES string of the molecule is Nc1n[nH]c2c(OCCNS(=O)(=O)C(F)(F)F)ccc(-c3ccc(NC(=O)Nc4cccc(F)c4)cc3)c12. The number of H-pyrrole nitrogens is 1. The number of nitrogens with zero attached hydrogens (tertiary/aromatic N) is 1. The van der Waals surface area contributed by atoms with E-state index in [9.17, 15) is 30.8 Å². The average Bonchev–Trinajstić information content (AvgIpc) is 3.23. The summed E-state index contributed by atoms with van der Waals surface area (Å²) in [5.74, 6) is -0.152. The summed E-state index contributed by atoms with van der Waals surface area (Å²) in [5, 5.41) is 12.3. The van der Waals surface area contributed by atoms with Gasteiger partial charge >= 0.3 is 21.6 Å². The number of fused-ring (bicyclic) bond motifs is 1. The molecular formula is C23H20F4N6O4S. The molecule has 0 saturated carbocycles.